The van der Waals surface area contributed by atoms with E-state index >= 15 is 0 Å². The molecule has 0 bridgehead atoms. The van der Waals surface area contributed by atoms with E-state index in [0.29, 0.717) is 18.3 Å². The number of nitrogens with zero attached hydrogens (tertiary/aromatic N) is 2. The zero-order chi connectivity index (χ0) is 12.8. The first kappa shape index (κ1) is 14.5. The van der Waals surface area contributed by atoms with Gasteiger partial charge in [0.1, 0.15) is 0 Å². The van der Waals surface area contributed by atoms with Gasteiger partial charge >= 0.3 is 0 Å². The molecule has 1 atom stereocenters. The molecule has 0 saturated heterocycles. The van der Waals surface area contributed by atoms with Crippen LogP contribution in [-0.2, 0) is 10.5 Å². The Labute approximate surface area is 111 Å². The number of rotatable bonds is 6. The Morgan fingerprint density at radius 2 is 2.41 bits per heavy atom. The summed E-state index contributed by atoms with van der Waals surface area (Å²) in [7, 11) is 0. The Hall–Kier alpha value is -0.590. The van der Waals surface area contributed by atoms with Crippen LogP contribution in [0.2, 0.25) is 0 Å². The average Bonchev–Trinajstić information content (AvgIpc) is 2.75. The van der Waals surface area contributed by atoms with E-state index in [4.69, 9.17) is 5.73 Å². The van der Waals surface area contributed by atoms with Crippen LogP contribution in [0.25, 0.3) is 0 Å². The van der Waals surface area contributed by atoms with Gasteiger partial charge in [-0.1, -0.05) is 6.92 Å². The van der Waals surface area contributed by atoms with E-state index in [1.807, 2.05) is 12.3 Å². The average molecular weight is 273 g/mol. The van der Waals surface area contributed by atoms with E-state index in [1.165, 1.54) is 11.3 Å². The molecule has 0 aliphatic rings. The first-order valence-corrected chi connectivity index (χ1v) is 7.55. The summed E-state index contributed by atoms with van der Waals surface area (Å²) in [6, 6.07) is 0. The van der Waals surface area contributed by atoms with Crippen molar-refractivity contribution in [2.45, 2.75) is 31.8 Å². The molecular weight excluding hydrogens is 254 g/mol. The topological polar surface area (TPSA) is 59.2 Å². The standard InChI is InChI=1S/C11H19N3OS2/c1-4-14(9(3)15)11-13-10(7-17-11)6-16-8(2)5-12/h7-8H,4-6,12H2,1-3H3. The fourth-order valence-corrected chi connectivity index (χ4v) is 3.05. The molecule has 1 heterocycles. The molecule has 0 aliphatic heterocycles. The first-order valence-electron chi connectivity index (χ1n) is 5.62. The van der Waals surface area contributed by atoms with Crippen molar-refractivity contribution in [2.24, 2.45) is 5.73 Å². The normalized spacial score (nSPS) is 12.5. The van der Waals surface area contributed by atoms with Crippen LogP contribution < -0.4 is 10.6 Å². The summed E-state index contributed by atoms with van der Waals surface area (Å²) in [5.74, 6) is 0.890. The molecule has 1 amide bonds. The van der Waals surface area contributed by atoms with Crippen LogP contribution in [0.1, 0.15) is 26.5 Å². The molecule has 0 radical (unpaired) electrons. The van der Waals surface area contributed by atoms with Gasteiger partial charge in [-0.15, -0.1) is 11.3 Å². The molecular formula is C11H19N3OS2. The highest BCUT2D eigenvalue weighted by Gasteiger charge is 2.13. The molecule has 96 valence electrons. The van der Waals surface area contributed by atoms with Gasteiger partial charge in [-0.2, -0.15) is 11.8 Å². The van der Waals surface area contributed by atoms with Crippen molar-refractivity contribution in [1.29, 1.82) is 0 Å². The number of nitrogens with two attached hydrogens (primary N) is 1. The Bertz CT molecular complexity index is 367. The van der Waals surface area contributed by atoms with E-state index in [1.54, 1.807) is 23.6 Å². The Morgan fingerprint density at radius 3 is 2.94 bits per heavy atom. The molecule has 1 aromatic rings. The lowest BCUT2D eigenvalue weighted by atomic mass is 10.5. The minimum absolute atomic E-state index is 0.0383. The predicted octanol–water partition coefficient (Wildman–Crippen LogP) is 2.10. The van der Waals surface area contributed by atoms with Crippen LogP contribution in [-0.4, -0.2) is 29.2 Å². The Balaban J connectivity index is 2.61. The number of aromatic nitrogens is 1. The number of carbonyl (C=O) groups excluding carboxylic acids is 1. The van der Waals surface area contributed by atoms with Gasteiger partial charge in [-0.25, -0.2) is 4.98 Å². The summed E-state index contributed by atoms with van der Waals surface area (Å²) in [6.45, 7) is 6.96. The maximum absolute atomic E-state index is 11.4. The molecule has 0 saturated carbocycles. The van der Waals surface area contributed by atoms with Gasteiger partial charge in [-0.3, -0.25) is 9.69 Å². The SMILES string of the molecule is CCN(C(C)=O)c1nc(CSC(C)CN)cs1. The summed E-state index contributed by atoms with van der Waals surface area (Å²) in [5.41, 5.74) is 6.58. The van der Waals surface area contributed by atoms with Crippen LogP contribution in [0.5, 0.6) is 0 Å². The van der Waals surface area contributed by atoms with Gasteiger partial charge in [0.2, 0.25) is 5.91 Å². The molecule has 0 spiro atoms. The van der Waals surface area contributed by atoms with Crippen molar-refractivity contribution < 1.29 is 4.79 Å². The molecule has 1 unspecified atom stereocenters. The van der Waals surface area contributed by atoms with E-state index in [-0.39, 0.29) is 5.91 Å². The van der Waals surface area contributed by atoms with Crippen molar-refractivity contribution >= 4 is 34.1 Å². The van der Waals surface area contributed by atoms with Crippen LogP contribution in [0, 0.1) is 0 Å². The summed E-state index contributed by atoms with van der Waals surface area (Å²) in [6.07, 6.45) is 0. The summed E-state index contributed by atoms with van der Waals surface area (Å²) >= 11 is 3.31. The second-order valence-electron chi connectivity index (χ2n) is 3.74. The minimum atomic E-state index is 0.0383. The second-order valence-corrected chi connectivity index (χ2v) is 6.01. The third kappa shape index (κ3) is 4.29. The lowest BCUT2D eigenvalue weighted by molar-refractivity contribution is -0.116. The van der Waals surface area contributed by atoms with Gasteiger partial charge in [0, 0.05) is 36.4 Å². The van der Waals surface area contributed by atoms with Gasteiger partial charge in [0.25, 0.3) is 0 Å². The monoisotopic (exact) mass is 273 g/mol. The number of hydrogen-bond acceptors (Lipinski definition) is 5. The summed E-state index contributed by atoms with van der Waals surface area (Å²) in [4.78, 5) is 17.5. The van der Waals surface area contributed by atoms with Gasteiger partial charge in [0.05, 0.1) is 5.69 Å². The van der Waals surface area contributed by atoms with Crippen molar-refractivity contribution in [1.82, 2.24) is 4.98 Å². The van der Waals surface area contributed by atoms with Crippen molar-refractivity contribution in [2.75, 3.05) is 18.0 Å². The number of hydrogen-bond donors (Lipinski definition) is 1. The highest BCUT2D eigenvalue weighted by molar-refractivity contribution is 7.99. The maximum atomic E-state index is 11.4. The summed E-state index contributed by atoms with van der Waals surface area (Å²) < 4.78 is 0. The second kappa shape index (κ2) is 6.98. The fraction of sp³-hybridized carbons (Fsp3) is 0.636. The van der Waals surface area contributed by atoms with Gasteiger partial charge < -0.3 is 5.73 Å². The van der Waals surface area contributed by atoms with Crippen molar-refractivity contribution in [3.05, 3.63) is 11.1 Å². The predicted molar refractivity (Wildman–Crippen MR) is 75.6 cm³/mol. The number of amides is 1. The maximum Gasteiger partial charge on any atom is 0.225 e. The zero-order valence-corrected chi connectivity index (χ0v) is 12.1. The first-order chi connectivity index (χ1) is 8.08. The molecule has 6 heteroatoms. The molecule has 17 heavy (non-hydrogen) atoms. The van der Waals surface area contributed by atoms with Crippen LogP contribution >= 0.6 is 23.1 Å². The lowest BCUT2D eigenvalue weighted by Crippen LogP contribution is -2.27. The quantitative estimate of drug-likeness (QED) is 0.862. The van der Waals surface area contributed by atoms with Crippen LogP contribution in [0.15, 0.2) is 5.38 Å². The van der Waals surface area contributed by atoms with E-state index < -0.39 is 0 Å². The van der Waals surface area contributed by atoms with Crippen LogP contribution in [0.3, 0.4) is 0 Å². The molecule has 1 rings (SSSR count). The highest BCUT2D eigenvalue weighted by Crippen LogP contribution is 2.24. The number of thioether (sulfide) groups is 1. The van der Waals surface area contributed by atoms with Gasteiger partial charge in [0.15, 0.2) is 5.13 Å². The Kier molecular flexibility index (Phi) is 5.94. The van der Waals surface area contributed by atoms with Crippen LogP contribution in [0.4, 0.5) is 5.13 Å². The lowest BCUT2D eigenvalue weighted by Gasteiger charge is -2.14. The fourth-order valence-electron chi connectivity index (χ4n) is 1.27. The third-order valence-electron chi connectivity index (χ3n) is 2.31. The number of carbonyl (C=O) groups is 1. The molecule has 0 aromatic carbocycles. The summed E-state index contributed by atoms with van der Waals surface area (Å²) in [5, 5.41) is 3.24. The third-order valence-corrected chi connectivity index (χ3v) is 4.45. The molecule has 0 aliphatic carbocycles. The molecule has 2 N–H and O–H groups in total. The van der Waals surface area contributed by atoms with E-state index in [0.717, 1.165) is 16.6 Å². The van der Waals surface area contributed by atoms with E-state index in [2.05, 4.69) is 11.9 Å². The number of anilines is 1. The minimum Gasteiger partial charge on any atom is -0.329 e. The zero-order valence-electron chi connectivity index (χ0n) is 10.5. The van der Waals surface area contributed by atoms with Crippen molar-refractivity contribution in [3.63, 3.8) is 0 Å². The largest absolute Gasteiger partial charge is 0.329 e. The Morgan fingerprint density at radius 1 is 1.71 bits per heavy atom. The van der Waals surface area contributed by atoms with Crippen molar-refractivity contribution in [3.8, 4) is 0 Å². The number of thiazole rings is 1. The van der Waals surface area contributed by atoms with E-state index in [9.17, 15) is 4.79 Å². The molecule has 1 aromatic heterocycles. The molecule has 4 nitrogen and oxygen atoms in total. The van der Waals surface area contributed by atoms with Gasteiger partial charge in [-0.05, 0) is 6.92 Å². The smallest absolute Gasteiger partial charge is 0.225 e. The molecule has 0 fully saturated rings. The highest BCUT2D eigenvalue weighted by atomic mass is 32.2.